The lowest BCUT2D eigenvalue weighted by Crippen LogP contribution is -2.07. The molecular weight excluding hydrogens is 288 g/mol. The number of amides is 1. The van der Waals surface area contributed by atoms with Gasteiger partial charge in [-0.15, -0.1) is 11.3 Å². The number of ether oxygens (including phenoxy) is 2. The summed E-state index contributed by atoms with van der Waals surface area (Å²) in [6, 6.07) is 5.54. The molecule has 0 saturated heterocycles. The fourth-order valence-electron chi connectivity index (χ4n) is 1.86. The van der Waals surface area contributed by atoms with Gasteiger partial charge in [-0.25, -0.2) is 4.98 Å². The van der Waals surface area contributed by atoms with Crippen molar-refractivity contribution >= 4 is 28.5 Å². The molecule has 1 N–H and O–H groups in total. The molecule has 3 rings (SSSR count). The molecule has 2 heterocycles. The highest BCUT2D eigenvalue weighted by Crippen LogP contribution is 2.32. The molecule has 21 heavy (non-hydrogen) atoms. The Balaban J connectivity index is 1.64. The lowest BCUT2D eigenvalue weighted by atomic mass is 10.2. The maximum Gasteiger partial charge on any atom is 0.250 e. The molecule has 0 bridgehead atoms. The van der Waals surface area contributed by atoms with E-state index in [2.05, 4.69) is 10.3 Å². The maximum atomic E-state index is 11.8. The highest BCUT2D eigenvalue weighted by Gasteiger charge is 2.12. The Hall–Kier alpha value is -2.34. The third-order valence-corrected chi connectivity index (χ3v) is 3.77. The smallest absolute Gasteiger partial charge is 0.250 e. The molecule has 108 valence electrons. The molecule has 1 amide bonds. The van der Waals surface area contributed by atoms with Crippen molar-refractivity contribution in [1.29, 1.82) is 0 Å². The zero-order valence-corrected chi connectivity index (χ0v) is 12.3. The van der Waals surface area contributed by atoms with Gasteiger partial charge in [-0.05, 0) is 30.2 Å². The molecule has 1 aliphatic heterocycles. The van der Waals surface area contributed by atoms with E-state index in [0.29, 0.717) is 10.9 Å². The predicted octanol–water partition coefficient (Wildman–Crippen LogP) is 3.09. The molecule has 0 saturated carbocycles. The summed E-state index contributed by atoms with van der Waals surface area (Å²) in [7, 11) is 0. The standard InChI is InChI=1S/C15H14N2O3S/c1-2-11-8-21-15(16-11)17-14(18)6-4-10-3-5-12-13(7-10)20-9-19-12/h3-8H,2,9H2,1H3,(H,16,17,18). The van der Waals surface area contributed by atoms with Crippen molar-refractivity contribution in [2.45, 2.75) is 13.3 Å². The SMILES string of the molecule is CCc1csc(NC(=O)C=Cc2ccc3c(c2)OCO3)n1. The summed E-state index contributed by atoms with van der Waals surface area (Å²) < 4.78 is 10.5. The largest absolute Gasteiger partial charge is 0.454 e. The molecule has 0 fully saturated rings. The summed E-state index contributed by atoms with van der Waals surface area (Å²) in [6.45, 7) is 2.27. The first-order valence-electron chi connectivity index (χ1n) is 6.57. The van der Waals surface area contributed by atoms with Gasteiger partial charge in [0.15, 0.2) is 16.6 Å². The first-order valence-corrected chi connectivity index (χ1v) is 7.45. The number of nitrogens with zero attached hydrogens (tertiary/aromatic N) is 1. The zero-order valence-electron chi connectivity index (χ0n) is 11.5. The van der Waals surface area contributed by atoms with Gasteiger partial charge in [0.2, 0.25) is 12.7 Å². The van der Waals surface area contributed by atoms with Crippen LogP contribution in [0.2, 0.25) is 0 Å². The average molecular weight is 302 g/mol. The van der Waals surface area contributed by atoms with Crippen LogP contribution >= 0.6 is 11.3 Å². The summed E-state index contributed by atoms with van der Waals surface area (Å²) in [5, 5.41) is 5.30. The Kier molecular flexibility index (Phi) is 3.87. The van der Waals surface area contributed by atoms with Gasteiger partial charge < -0.3 is 9.47 Å². The molecule has 0 spiro atoms. The number of anilines is 1. The zero-order chi connectivity index (χ0) is 14.7. The molecular formula is C15H14N2O3S. The number of carbonyl (C=O) groups excluding carboxylic acids is 1. The van der Waals surface area contributed by atoms with Crippen molar-refractivity contribution in [2.75, 3.05) is 12.1 Å². The second-order valence-corrected chi connectivity index (χ2v) is 5.29. The first-order chi connectivity index (χ1) is 10.2. The Bertz CT molecular complexity index is 694. The first kappa shape index (κ1) is 13.6. The number of rotatable bonds is 4. The molecule has 6 heteroatoms. The normalized spacial score (nSPS) is 12.8. The van der Waals surface area contributed by atoms with Gasteiger partial charge in [0.25, 0.3) is 0 Å². The van der Waals surface area contributed by atoms with E-state index in [1.807, 2.05) is 30.5 Å². The summed E-state index contributed by atoms with van der Waals surface area (Å²) >= 11 is 1.43. The lowest BCUT2D eigenvalue weighted by molar-refractivity contribution is -0.111. The fraction of sp³-hybridized carbons (Fsp3) is 0.200. The summed E-state index contributed by atoms with van der Waals surface area (Å²) in [5.74, 6) is 1.22. The second-order valence-electron chi connectivity index (χ2n) is 4.43. The van der Waals surface area contributed by atoms with Crippen LogP contribution in [0.1, 0.15) is 18.2 Å². The van der Waals surface area contributed by atoms with Crippen LogP contribution in [-0.2, 0) is 11.2 Å². The minimum Gasteiger partial charge on any atom is -0.454 e. The van der Waals surface area contributed by atoms with Crippen molar-refractivity contribution in [1.82, 2.24) is 4.98 Å². The molecule has 0 atom stereocenters. The van der Waals surface area contributed by atoms with Gasteiger partial charge in [-0.2, -0.15) is 0 Å². The predicted molar refractivity (Wildman–Crippen MR) is 81.7 cm³/mol. The Morgan fingerprint density at radius 1 is 1.43 bits per heavy atom. The topological polar surface area (TPSA) is 60.5 Å². The van der Waals surface area contributed by atoms with Crippen LogP contribution in [-0.4, -0.2) is 17.7 Å². The molecule has 5 nitrogen and oxygen atoms in total. The lowest BCUT2D eigenvalue weighted by Gasteiger charge is -1.98. The van der Waals surface area contributed by atoms with E-state index in [4.69, 9.17) is 9.47 Å². The van der Waals surface area contributed by atoms with E-state index >= 15 is 0 Å². The number of aromatic nitrogens is 1. The molecule has 1 aromatic heterocycles. The molecule has 1 aromatic carbocycles. The molecule has 1 aliphatic rings. The molecule has 0 radical (unpaired) electrons. The van der Waals surface area contributed by atoms with Gasteiger partial charge in [-0.3, -0.25) is 10.1 Å². The fourth-order valence-corrected chi connectivity index (χ4v) is 2.66. The highest BCUT2D eigenvalue weighted by atomic mass is 32.1. The van der Waals surface area contributed by atoms with E-state index in [0.717, 1.165) is 23.4 Å². The number of nitrogens with one attached hydrogen (secondary N) is 1. The third kappa shape index (κ3) is 3.22. The van der Waals surface area contributed by atoms with Crippen LogP contribution in [0.4, 0.5) is 5.13 Å². The number of fused-ring (bicyclic) bond motifs is 1. The number of carbonyl (C=O) groups is 1. The van der Waals surface area contributed by atoms with Crippen molar-refractivity contribution in [3.8, 4) is 11.5 Å². The molecule has 0 unspecified atom stereocenters. The Morgan fingerprint density at radius 2 is 2.29 bits per heavy atom. The van der Waals surface area contributed by atoms with Crippen molar-refractivity contribution in [2.24, 2.45) is 0 Å². The van der Waals surface area contributed by atoms with Gasteiger partial charge in [0.1, 0.15) is 0 Å². The Labute approximate surface area is 126 Å². The van der Waals surface area contributed by atoms with E-state index < -0.39 is 0 Å². The number of aryl methyl sites for hydroxylation is 1. The van der Waals surface area contributed by atoms with Crippen LogP contribution in [0.15, 0.2) is 29.7 Å². The minimum atomic E-state index is -0.204. The number of thiazole rings is 1. The number of hydrogen-bond acceptors (Lipinski definition) is 5. The van der Waals surface area contributed by atoms with Crippen LogP contribution in [0.25, 0.3) is 6.08 Å². The van der Waals surface area contributed by atoms with E-state index in [1.165, 1.54) is 17.4 Å². The quantitative estimate of drug-likeness (QED) is 0.882. The van der Waals surface area contributed by atoms with Gasteiger partial charge in [-0.1, -0.05) is 13.0 Å². The van der Waals surface area contributed by atoms with E-state index in [1.54, 1.807) is 6.08 Å². The highest BCUT2D eigenvalue weighted by molar-refractivity contribution is 7.13. The van der Waals surface area contributed by atoms with Gasteiger partial charge in [0.05, 0.1) is 5.69 Å². The average Bonchev–Trinajstić information content (AvgIpc) is 3.13. The summed E-state index contributed by atoms with van der Waals surface area (Å²) in [6.07, 6.45) is 4.07. The molecule has 0 aliphatic carbocycles. The molecule has 2 aromatic rings. The minimum absolute atomic E-state index is 0.204. The van der Waals surface area contributed by atoms with Crippen LogP contribution in [0.5, 0.6) is 11.5 Å². The van der Waals surface area contributed by atoms with Crippen LogP contribution in [0, 0.1) is 0 Å². The number of benzene rings is 1. The van der Waals surface area contributed by atoms with Gasteiger partial charge in [0, 0.05) is 11.5 Å². The van der Waals surface area contributed by atoms with E-state index in [-0.39, 0.29) is 12.7 Å². The van der Waals surface area contributed by atoms with Gasteiger partial charge >= 0.3 is 0 Å². The van der Waals surface area contributed by atoms with Crippen molar-refractivity contribution < 1.29 is 14.3 Å². The van der Waals surface area contributed by atoms with Crippen LogP contribution in [0.3, 0.4) is 0 Å². The van der Waals surface area contributed by atoms with Crippen LogP contribution < -0.4 is 14.8 Å². The third-order valence-electron chi connectivity index (χ3n) is 2.97. The number of hydrogen-bond donors (Lipinski definition) is 1. The van der Waals surface area contributed by atoms with Crippen molar-refractivity contribution in [3.05, 3.63) is 40.9 Å². The van der Waals surface area contributed by atoms with Crippen molar-refractivity contribution in [3.63, 3.8) is 0 Å². The van der Waals surface area contributed by atoms with E-state index in [9.17, 15) is 4.79 Å². The Morgan fingerprint density at radius 3 is 3.10 bits per heavy atom. The second kappa shape index (κ2) is 5.97. The maximum absolute atomic E-state index is 11.8. The monoisotopic (exact) mass is 302 g/mol. The summed E-state index contributed by atoms with van der Waals surface area (Å²) in [4.78, 5) is 16.1. The summed E-state index contributed by atoms with van der Waals surface area (Å²) in [5.41, 5.74) is 1.86.